The van der Waals surface area contributed by atoms with Gasteiger partial charge >= 0.3 is 5.97 Å². The number of nitrogens with one attached hydrogen (secondary N) is 1. The van der Waals surface area contributed by atoms with Crippen LogP contribution in [0, 0.1) is 6.92 Å². The summed E-state index contributed by atoms with van der Waals surface area (Å²) in [5.74, 6) is -1.23. The van der Waals surface area contributed by atoms with Crippen molar-refractivity contribution in [2.75, 3.05) is 6.61 Å². The minimum atomic E-state index is -0.715. The van der Waals surface area contributed by atoms with Crippen LogP contribution in [0.4, 0.5) is 0 Å². The van der Waals surface area contributed by atoms with Crippen molar-refractivity contribution in [2.24, 2.45) is 0 Å². The number of esters is 1. The topological polar surface area (TPSA) is 75.6 Å². The van der Waals surface area contributed by atoms with Gasteiger partial charge in [0.25, 0.3) is 5.91 Å². The van der Waals surface area contributed by atoms with Gasteiger partial charge in [-0.2, -0.15) is 0 Å². The predicted molar refractivity (Wildman–Crippen MR) is 95.5 cm³/mol. The molecule has 5 nitrogen and oxygen atoms in total. The Bertz CT molecular complexity index is 728. The summed E-state index contributed by atoms with van der Waals surface area (Å²) in [6, 6.07) is 14.6. The molecule has 0 saturated carbocycles. The van der Waals surface area contributed by atoms with E-state index in [2.05, 4.69) is 5.32 Å². The summed E-state index contributed by atoms with van der Waals surface area (Å²) in [4.78, 5) is 23.9. The van der Waals surface area contributed by atoms with Crippen molar-refractivity contribution >= 4 is 11.9 Å². The Balaban J connectivity index is 1.76. The van der Waals surface area contributed by atoms with Gasteiger partial charge in [-0.25, -0.2) is 4.79 Å². The molecule has 2 aromatic carbocycles. The Labute approximate surface area is 147 Å². The Morgan fingerprint density at radius 3 is 2.60 bits per heavy atom. The number of aryl methyl sites for hydroxylation is 2. The largest absolute Gasteiger partial charge is 0.507 e. The van der Waals surface area contributed by atoms with E-state index in [0.29, 0.717) is 0 Å². The molecule has 0 saturated heterocycles. The van der Waals surface area contributed by atoms with Crippen LogP contribution in [0.3, 0.4) is 0 Å². The molecule has 0 aliphatic rings. The third kappa shape index (κ3) is 5.95. The van der Waals surface area contributed by atoms with Crippen LogP contribution in [-0.4, -0.2) is 29.6 Å². The summed E-state index contributed by atoms with van der Waals surface area (Å²) in [7, 11) is 0. The van der Waals surface area contributed by atoms with E-state index < -0.39 is 5.97 Å². The molecule has 1 amide bonds. The van der Waals surface area contributed by atoms with Gasteiger partial charge in [-0.15, -0.1) is 0 Å². The first-order valence-electron chi connectivity index (χ1n) is 8.25. The molecule has 2 rings (SSSR count). The lowest BCUT2D eigenvalue weighted by Gasteiger charge is -2.14. The first-order valence-corrected chi connectivity index (χ1v) is 8.25. The van der Waals surface area contributed by atoms with E-state index in [1.165, 1.54) is 17.7 Å². The fourth-order valence-corrected chi connectivity index (χ4v) is 2.44. The molecule has 1 atom stereocenters. The first-order chi connectivity index (χ1) is 12.0. The monoisotopic (exact) mass is 341 g/mol. The number of benzene rings is 2. The zero-order valence-electron chi connectivity index (χ0n) is 14.5. The summed E-state index contributed by atoms with van der Waals surface area (Å²) in [5, 5.41) is 12.5. The fraction of sp³-hybridized carbons (Fsp3) is 0.300. The number of hydrogen-bond acceptors (Lipinski definition) is 4. The van der Waals surface area contributed by atoms with E-state index in [0.717, 1.165) is 18.4 Å². The Morgan fingerprint density at radius 1 is 1.16 bits per heavy atom. The van der Waals surface area contributed by atoms with Crippen LogP contribution < -0.4 is 5.32 Å². The fourth-order valence-electron chi connectivity index (χ4n) is 2.44. The lowest BCUT2D eigenvalue weighted by atomic mass is 10.1. The molecule has 0 aliphatic heterocycles. The van der Waals surface area contributed by atoms with Crippen molar-refractivity contribution < 1.29 is 19.4 Å². The minimum absolute atomic E-state index is 0.0289. The highest BCUT2D eigenvalue weighted by molar-refractivity contribution is 5.94. The number of ether oxygens (including phenoxy) is 1. The van der Waals surface area contributed by atoms with Crippen LogP contribution in [0.2, 0.25) is 0 Å². The van der Waals surface area contributed by atoms with Crippen LogP contribution in [0.25, 0.3) is 0 Å². The molecule has 25 heavy (non-hydrogen) atoms. The molecule has 132 valence electrons. The van der Waals surface area contributed by atoms with Crippen molar-refractivity contribution in [2.45, 2.75) is 32.7 Å². The molecule has 2 aromatic rings. The summed E-state index contributed by atoms with van der Waals surface area (Å²) in [6.07, 6.45) is 1.65. The SMILES string of the molecule is Cc1ccc(O)c(C(=O)OCC(=O)N[C@@H](C)CCc2ccccc2)c1. The van der Waals surface area contributed by atoms with E-state index in [9.17, 15) is 14.7 Å². The number of carbonyl (C=O) groups excluding carboxylic acids is 2. The highest BCUT2D eigenvalue weighted by atomic mass is 16.5. The smallest absolute Gasteiger partial charge is 0.342 e. The second-order valence-electron chi connectivity index (χ2n) is 6.09. The Kier molecular flexibility index (Phi) is 6.57. The highest BCUT2D eigenvalue weighted by Crippen LogP contribution is 2.19. The van der Waals surface area contributed by atoms with Crippen molar-refractivity contribution in [1.82, 2.24) is 5.32 Å². The van der Waals surface area contributed by atoms with Crippen LogP contribution in [0.15, 0.2) is 48.5 Å². The standard InChI is InChI=1S/C20H23NO4/c1-14-8-11-18(22)17(12-14)20(24)25-13-19(23)21-15(2)9-10-16-6-4-3-5-7-16/h3-8,11-12,15,22H,9-10,13H2,1-2H3,(H,21,23)/t15-/m0/s1. The van der Waals surface area contributed by atoms with Gasteiger partial charge in [0.1, 0.15) is 11.3 Å². The number of phenols is 1. The molecule has 0 fully saturated rings. The van der Waals surface area contributed by atoms with Crippen molar-refractivity contribution in [3.8, 4) is 5.75 Å². The van der Waals surface area contributed by atoms with Crippen molar-refractivity contribution in [3.63, 3.8) is 0 Å². The molecule has 0 aliphatic carbocycles. The van der Waals surface area contributed by atoms with Crippen LogP contribution >= 0.6 is 0 Å². The number of carbonyl (C=O) groups is 2. The number of aromatic hydroxyl groups is 1. The molecule has 0 bridgehead atoms. The number of rotatable bonds is 7. The summed E-state index contributed by atoms with van der Waals surface area (Å²) in [6.45, 7) is 3.34. The molecule has 0 radical (unpaired) electrons. The van der Waals surface area contributed by atoms with Crippen LogP contribution in [0.1, 0.15) is 34.8 Å². The van der Waals surface area contributed by atoms with E-state index in [1.54, 1.807) is 13.0 Å². The van der Waals surface area contributed by atoms with Crippen LogP contribution in [-0.2, 0) is 16.0 Å². The Hall–Kier alpha value is -2.82. The molecule has 0 spiro atoms. The molecule has 0 aromatic heterocycles. The maximum absolute atomic E-state index is 12.0. The van der Waals surface area contributed by atoms with Crippen LogP contribution in [0.5, 0.6) is 5.75 Å². The lowest BCUT2D eigenvalue weighted by molar-refractivity contribution is -0.124. The average molecular weight is 341 g/mol. The first kappa shape index (κ1) is 18.5. The predicted octanol–water partition coefficient (Wildman–Crippen LogP) is 2.99. The van der Waals surface area contributed by atoms with Gasteiger partial charge < -0.3 is 15.2 Å². The van der Waals surface area contributed by atoms with E-state index >= 15 is 0 Å². The third-order valence-electron chi connectivity index (χ3n) is 3.82. The van der Waals surface area contributed by atoms with Gasteiger partial charge in [0, 0.05) is 6.04 Å². The number of hydrogen-bond donors (Lipinski definition) is 2. The maximum Gasteiger partial charge on any atom is 0.342 e. The third-order valence-corrected chi connectivity index (χ3v) is 3.82. The van der Waals surface area contributed by atoms with Gasteiger partial charge in [-0.3, -0.25) is 4.79 Å². The summed E-state index contributed by atoms with van der Waals surface area (Å²) >= 11 is 0. The zero-order chi connectivity index (χ0) is 18.2. The van der Waals surface area contributed by atoms with E-state index in [-0.39, 0.29) is 29.9 Å². The van der Waals surface area contributed by atoms with Gasteiger partial charge in [-0.05, 0) is 44.4 Å². The molecule has 2 N–H and O–H groups in total. The average Bonchev–Trinajstić information content (AvgIpc) is 2.61. The van der Waals surface area contributed by atoms with Gasteiger partial charge in [0.15, 0.2) is 6.61 Å². The van der Waals surface area contributed by atoms with Gasteiger partial charge in [0.2, 0.25) is 0 Å². The highest BCUT2D eigenvalue weighted by Gasteiger charge is 2.15. The number of phenolic OH excluding ortho intramolecular Hbond substituents is 1. The lowest BCUT2D eigenvalue weighted by Crippen LogP contribution is -2.36. The van der Waals surface area contributed by atoms with Gasteiger partial charge in [-0.1, -0.05) is 42.0 Å². The van der Waals surface area contributed by atoms with Crippen molar-refractivity contribution in [3.05, 3.63) is 65.2 Å². The molecular formula is C20H23NO4. The maximum atomic E-state index is 12.0. The molecule has 0 heterocycles. The normalized spacial score (nSPS) is 11.6. The summed E-state index contributed by atoms with van der Waals surface area (Å²) in [5.41, 5.74) is 2.10. The zero-order valence-corrected chi connectivity index (χ0v) is 14.5. The van der Waals surface area contributed by atoms with E-state index in [4.69, 9.17) is 4.74 Å². The van der Waals surface area contributed by atoms with E-state index in [1.807, 2.05) is 37.3 Å². The number of amides is 1. The quantitative estimate of drug-likeness (QED) is 0.759. The molecular weight excluding hydrogens is 318 g/mol. The molecule has 5 heteroatoms. The van der Waals surface area contributed by atoms with Crippen molar-refractivity contribution in [1.29, 1.82) is 0 Å². The van der Waals surface area contributed by atoms with Gasteiger partial charge in [0.05, 0.1) is 0 Å². The Morgan fingerprint density at radius 2 is 1.88 bits per heavy atom. The summed E-state index contributed by atoms with van der Waals surface area (Å²) < 4.78 is 4.98. The second kappa shape index (κ2) is 8.87. The minimum Gasteiger partial charge on any atom is -0.507 e. The second-order valence-corrected chi connectivity index (χ2v) is 6.09. The molecule has 0 unspecified atom stereocenters.